The van der Waals surface area contributed by atoms with Crippen LogP contribution in [0.15, 0.2) is 12.2 Å². The minimum absolute atomic E-state index is 0.322. The number of allylic oxidation sites excluding steroid dienone is 1. The molecular formula is C21H36O2. The van der Waals surface area contributed by atoms with E-state index in [0.29, 0.717) is 5.41 Å². The van der Waals surface area contributed by atoms with Crippen molar-refractivity contribution in [2.24, 2.45) is 23.2 Å². The molecule has 23 heavy (non-hydrogen) atoms. The van der Waals surface area contributed by atoms with Crippen LogP contribution < -0.4 is 0 Å². The lowest BCUT2D eigenvalue weighted by Gasteiger charge is -2.48. The fraction of sp³-hybridized carbons (Fsp3) is 0.905. The van der Waals surface area contributed by atoms with Crippen LogP contribution in [0.4, 0.5) is 0 Å². The topological polar surface area (TPSA) is 18.5 Å². The van der Waals surface area contributed by atoms with Gasteiger partial charge < -0.3 is 9.47 Å². The molecule has 0 aromatic rings. The van der Waals surface area contributed by atoms with E-state index in [1.165, 1.54) is 57.8 Å². The molecule has 0 N–H and O–H groups in total. The largest absolute Gasteiger partial charge is 0.353 e. The Hall–Kier alpha value is -0.340. The van der Waals surface area contributed by atoms with Gasteiger partial charge in [-0.25, -0.2) is 0 Å². The van der Waals surface area contributed by atoms with Gasteiger partial charge in [0, 0.05) is 27.1 Å². The number of fused-ring (bicyclic) bond motifs is 3. The molecule has 3 aliphatic rings. The highest BCUT2D eigenvalue weighted by Gasteiger charge is 2.50. The van der Waals surface area contributed by atoms with E-state index in [9.17, 15) is 0 Å². The first-order valence-electron chi connectivity index (χ1n) is 9.83. The second-order valence-corrected chi connectivity index (χ2v) is 8.59. The molecule has 0 aromatic carbocycles. The lowest BCUT2D eigenvalue weighted by Crippen LogP contribution is -2.40. The van der Waals surface area contributed by atoms with Crippen LogP contribution in [0, 0.1) is 23.2 Å². The van der Waals surface area contributed by atoms with Crippen LogP contribution in [-0.2, 0) is 9.47 Å². The van der Waals surface area contributed by atoms with Crippen molar-refractivity contribution in [3.63, 3.8) is 0 Å². The molecule has 0 aliphatic heterocycles. The lowest BCUT2D eigenvalue weighted by atomic mass is 9.57. The Bertz CT molecular complexity index is 426. The van der Waals surface area contributed by atoms with Gasteiger partial charge in [0.25, 0.3) is 0 Å². The molecule has 0 amide bonds. The van der Waals surface area contributed by atoms with Gasteiger partial charge in [-0.1, -0.05) is 25.5 Å². The predicted octanol–water partition coefficient (Wildman–Crippen LogP) is 5.72. The first kappa shape index (κ1) is 17.5. The van der Waals surface area contributed by atoms with E-state index in [1.807, 2.05) is 14.2 Å². The summed E-state index contributed by atoms with van der Waals surface area (Å²) in [5.74, 6) is 2.44. The van der Waals surface area contributed by atoms with Crippen molar-refractivity contribution in [2.45, 2.75) is 83.3 Å². The number of hydrogen-bond donors (Lipinski definition) is 0. The van der Waals surface area contributed by atoms with Gasteiger partial charge in [0.05, 0.1) is 0 Å². The summed E-state index contributed by atoms with van der Waals surface area (Å²) < 4.78 is 11.5. The fourth-order valence-corrected chi connectivity index (χ4v) is 6.09. The molecule has 3 aliphatic carbocycles. The van der Waals surface area contributed by atoms with E-state index in [4.69, 9.17) is 9.47 Å². The maximum atomic E-state index is 5.76. The number of methoxy groups -OCH3 is 2. The Morgan fingerprint density at radius 1 is 0.913 bits per heavy atom. The average molecular weight is 321 g/mol. The molecule has 0 heterocycles. The number of ether oxygens (including phenoxy) is 2. The smallest absolute Gasteiger partial charge is 0.167 e. The first-order chi connectivity index (χ1) is 11.0. The first-order valence-corrected chi connectivity index (χ1v) is 9.83. The molecule has 3 fully saturated rings. The Labute approximate surface area is 143 Å². The van der Waals surface area contributed by atoms with Crippen LogP contribution in [-0.4, -0.2) is 20.0 Å². The third kappa shape index (κ3) is 3.14. The van der Waals surface area contributed by atoms with Crippen molar-refractivity contribution in [3.05, 3.63) is 12.2 Å². The maximum Gasteiger partial charge on any atom is 0.167 e. The van der Waals surface area contributed by atoms with E-state index in [0.717, 1.165) is 30.6 Å². The zero-order valence-electron chi connectivity index (χ0n) is 15.5. The van der Waals surface area contributed by atoms with Crippen LogP contribution in [0.1, 0.15) is 77.6 Å². The van der Waals surface area contributed by atoms with Gasteiger partial charge in [-0.05, 0) is 74.5 Å². The highest BCUT2D eigenvalue weighted by atomic mass is 16.7. The molecule has 2 heteroatoms. The standard InChI is InChI=1S/C21H36O2/c1-16-10-11-19-18-9-5-6-13-21(22-3,23-4)14-7-8-17(18)12-15-20(16,19)2/h17-19H,1,5-15H2,2-4H3. The average Bonchev–Trinajstić information content (AvgIpc) is 2.87. The Balaban J connectivity index is 1.71. The second kappa shape index (κ2) is 6.88. The van der Waals surface area contributed by atoms with Crippen LogP contribution >= 0.6 is 0 Å². The minimum atomic E-state index is -0.322. The molecule has 3 saturated carbocycles. The summed E-state index contributed by atoms with van der Waals surface area (Å²) in [6.45, 7) is 6.95. The van der Waals surface area contributed by atoms with Crippen LogP contribution in [0.5, 0.6) is 0 Å². The van der Waals surface area contributed by atoms with Crippen molar-refractivity contribution < 1.29 is 9.47 Å². The summed E-state index contributed by atoms with van der Waals surface area (Å²) in [5.41, 5.74) is 2.00. The van der Waals surface area contributed by atoms with Crippen molar-refractivity contribution in [3.8, 4) is 0 Å². The summed E-state index contributed by atoms with van der Waals surface area (Å²) in [5, 5.41) is 0. The monoisotopic (exact) mass is 320 g/mol. The molecule has 0 radical (unpaired) electrons. The van der Waals surface area contributed by atoms with Gasteiger partial charge in [0.2, 0.25) is 0 Å². The van der Waals surface area contributed by atoms with E-state index in [1.54, 1.807) is 5.57 Å². The van der Waals surface area contributed by atoms with Gasteiger partial charge in [0.15, 0.2) is 5.79 Å². The Kier molecular flexibility index (Phi) is 5.23. The zero-order valence-corrected chi connectivity index (χ0v) is 15.5. The third-order valence-corrected chi connectivity index (χ3v) is 7.76. The maximum absolute atomic E-state index is 5.76. The Morgan fingerprint density at radius 2 is 1.65 bits per heavy atom. The SMILES string of the molecule is C=C1CCC2C3CCCCC(OC)(OC)CCCC3CCC12C. The molecular weight excluding hydrogens is 284 g/mol. The van der Waals surface area contributed by atoms with E-state index >= 15 is 0 Å². The fourth-order valence-electron chi connectivity index (χ4n) is 6.09. The molecule has 0 aromatic heterocycles. The Morgan fingerprint density at radius 3 is 2.39 bits per heavy atom. The van der Waals surface area contributed by atoms with Crippen molar-refractivity contribution in [2.75, 3.05) is 14.2 Å². The van der Waals surface area contributed by atoms with Crippen LogP contribution in [0.2, 0.25) is 0 Å². The molecule has 0 saturated heterocycles. The minimum Gasteiger partial charge on any atom is -0.353 e. The highest BCUT2D eigenvalue weighted by molar-refractivity contribution is 5.19. The van der Waals surface area contributed by atoms with Crippen molar-refractivity contribution >= 4 is 0 Å². The molecule has 4 atom stereocenters. The molecule has 4 unspecified atom stereocenters. The highest BCUT2D eigenvalue weighted by Crippen LogP contribution is 2.60. The van der Waals surface area contributed by atoms with E-state index < -0.39 is 0 Å². The second-order valence-electron chi connectivity index (χ2n) is 8.59. The summed E-state index contributed by atoms with van der Waals surface area (Å²) in [6, 6.07) is 0. The molecule has 0 bridgehead atoms. The summed E-state index contributed by atoms with van der Waals surface area (Å²) in [4.78, 5) is 0. The van der Waals surface area contributed by atoms with Crippen LogP contribution in [0.25, 0.3) is 0 Å². The molecule has 3 rings (SSSR count). The number of rotatable bonds is 2. The predicted molar refractivity (Wildman–Crippen MR) is 95.3 cm³/mol. The van der Waals surface area contributed by atoms with E-state index in [2.05, 4.69) is 13.5 Å². The molecule has 0 spiro atoms. The zero-order chi connectivity index (χ0) is 16.5. The van der Waals surface area contributed by atoms with Gasteiger partial charge in [-0.15, -0.1) is 0 Å². The van der Waals surface area contributed by atoms with Gasteiger partial charge in [0.1, 0.15) is 0 Å². The number of hydrogen-bond acceptors (Lipinski definition) is 2. The van der Waals surface area contributed by atoms with Crippen LogP contribution in [0.3, 0.4) is 0 Å². The van der Waals surface area contributed by atoms with E-state index in [-0.39, 0.29) is 5.79 Å². The van der Waals surface area contributed by atoms with Gasteiger partial charge >= 0.3 is 0 Å². The summed E-state index contributed by atoms with van der Waals surface area (Å²) in [6.07, 6.45) is 14.1. The quantitative estimate of drug-likeness (QED) is 0.478. The normalized spacial score (nSPS) is 41.2. The molecule has 2 nitrogen and oxygen atoms in total. The molecule has 132 valence electrons. The lowest BCUT2D eigenvalue weighted by molar-refractivity contribution is -0.217. The van der Waals surface area contributed by atoms with Gasteiger partial charge in [-0.2, -0.15) is 0 Å². The third-order valence-electron chi connectivity index (χ3n) is 7.76. The summed E-state index contributed by atoms with van der Waals surface area (Å²) >= 11 is 0. The van der Waals surface area contributed by atoms with Gasteiger partial charge in [-0.3, -0.25) is 0 Å². The van der Waals surface area contributed by atoms with Crippen molar-refractivity contribution in [1.82, 2.24) is 0 Å². The summed E-state index contributed by atoms with van der Waals surface area (Å²) in [7, 11) is 3.63. The van der Waals surface area contributed by atoms with Crippen molar-refractivity contribution in [1.29, 1.82) is 0 Å².